The van der Waals surface area contributed by atoms with Gasteiger partial charge in [0.15, 0.2) is 0 Å². The zero-order valence-electron chi connectivity index (χ0n) is 12.9. The summed E-state index contributed by atoms with van der Waals surface area (Å²) < 4.78 is 0. The van der Waals surface area contributed by atoms with Gasteiger partial charge in [0.25, 0.3) is 5.91 Å². The molecule has 21 heavy (non-hydrogen) atoms. The number of aliphatic hydroxyl groups excluding tert-OH is 1. The maximum absolute atomic E-state index is 12.4. The standard InChI is InChI=1S/C17H25NO2S/c1-12-7-8-15(21-2)9-16(12)17(20)18-10-13-5-3-4-6-14(13)11-19/h7-9,13-14,19H,3-6,10-11H2,1-2H3,(H,18,20). The minimum Gasteiger partial charge on any atom is -0.396 e. The fourth-order valence-corrected chi connectivity index (χ4v) is 3.53. The number of aliphatic hydroxyl groups is 1. The Morgan fingerprint density at radius 3 is 2.71 bits per heavy atom. The van der Waals surface area contributed by atoms with Crippen molar-refractivity contribution in [2.75, 3.05) is 19.4 Å². The molecule has 0 heterocycles. The van der Waals surface area contributed by atoms with Gasteiger partial charge in [-0.2, -0.15) is 0 Å². The van der Waals surface area contributed by atoms with Gasteiger partial charge in [-0.3, -0.25) is 4.79 Å². The molecule has 1 aliphatic rings. The van der Waals surface area contributed by atoms with Crippen LogP contribution in [0.4, 0.5) is 0 Å². The van der Waals surface area contributed by atoms with Gasteiger partial charge in [0.05, 0.1) is 0 Å². The number of hydrogen-bond donors (Lipinski definition) is 2. The summed E-state index contributed by atoms with van der Waals surface area (Å²) >= 11 is 1.65. The van der Waals surface area contributed by atoms with Gasteiger partial charge in [-0.15, -0.1) is 11.8 Å². The van der Waals surface area contributed by atoms with E-state index in [1.165, 1.54) is 12.8 Å². The highest BCUT2D eigenvalue weighted by Gasteiger charge is 2.25. The largest absolute Gasteiger partial charge is 0.396 e. The quantitative estimate of drug-likeness (QED) is 0.821. The topological polar surface area (TPSA) is 49.3 Å². The van der Waals surface area contributed by atoms with Crippen molar-refractivity contribution in [3.05, 3.63) is 29.3 Å². The molecule has 4 heteroatoms. The van der Waals surface area contributed by atoms with E-state index in [-0.39, 0.29) is 12.5 Å². The number of thioether (sulfide) groups is 1. The number of aryl methyl sites for hydroxylation is 1. The lowest BCUT2D eigenvalue weighted by atomic mass is 9.79. The van der Waals surface area contributed by atoms with Crippen LogP contribution in [0.3, 0.4) is 0 Å². The monoisotopic (exact) mass is 307 g/mol. The molecule has 0 bridgehead atoms. The molecule has 116 valence electrons. The first kappa shape index (κ1) is 16.4. The Morgan fingerprint density at radius 1 is 1.33 bits per heavy atom. The summed E-state index contributed by atoms with van der Waals surface area (Å²) in [6.07, 6.45) is 6.61. The van der Waals surface area contributed by atoms with E-state index >= 15 is 0 Å². The Labute approximate surface area is 131 Å². The van der Waals surface area contributed by atoms with E-state index in [1.807, 2.05) is 31.4 Å². The minimum absolute atomic E-state index is 0.00524. The summed E-state index contributed by atoms with van der Waals surface area (Å²) in [5.74, 6) is 0.764. The zero-order chi connectivity index (χ0) is 15.2. The van der Waals surface area contributed by atoms with E-state index in [9.17, 15) is 9.90 Å². The molecule has 2 rings (SSSR count). The van der Waals surface area contributed by atoms with Gasteiger partial charge in [0, 0.05) is 23.6 Å². The van der Waals surface area contributed by atoms with Crippen molar-refractivity contribution in [3.63, 3.8) is 0 Å². The third-order valence-electron chi connectivity index (χ3n) is 4.52. The lowest BCUT2D eigenvalue weighted by molar-refractivity contribution is 0.0908. The van der Waals surface area contributed by atoms with Crippen LogP contribution < -0.4 is 5.32 Å². The first-order valence-electron chi connectivity index (χ1n) is 7.69. The smallest absolute Gasteiger partial charge is 0.251 e. The van der Waals surface area contributed by atoms with E-state index in [0.29, 0.717) is 18.4 Å². The summed E-state index contributed by atoms with van der Waals surface area (Å²) in [6.45, 7) is 2.88. The van der Waals surface area contributed by atoms with E-state index in [1.54, 1.807) is 11.8 Å². The van der Waals surface area contributed by atoms with Crippen LogP contribution in [-0.2, 0) is 0 Å². The molecule has 2 unspecified atom stereocenters. The predicted molar refractivity (Wildman–Crippen MR) is 87.8 cm³/mol. The second-order valence-electron chi connectivity index (χ2n) is 5.88. The van der Waals surface area contributed by atoms with Crippen molar-refractivity contribution < 1.29 is 9.90 Å². The number of amides is 1. The molecule has 0 saturated heterocycles. The molecule has 1 aromatic carbocycles. The van der Waals surface area contributed by atoms with Crippen LogP contribution in [0.15, 0.2) is 23.1 Å². The molecule has 1 amide bonds. The average Bonchev–Trinajstić information content (AvgIpc) is 2.53. The Bertz CT molecular complexity index is 490. The SMILES string of the molecule is CSc1ccc(C)c(C(=O)NCC2CCCCC2CO)c1. The molecule has 1 aromatic rings. The summed E-state index contributed by atoms with van der Waals surface area (Å²) in [6, 6.07) is 6.00. The van der Waals surface area contributed by atoms with Gasteiger partial charge in [-0.05, 0) is 55.6 Å². The van der Waals surface area contributed by atoms with E-state index in [2.05, 4.69) is 5.32 Å². The van der Waals surface area contributed by atoms with Crippen LogP contribution in [0.1, 0.15) is 41.6 Å². The molecule has 0 radical (unpaired) electrons. The number of rotatable bonds is 5. The van der Waals surface area contributed by atoms with E-state index < -0.39 is 0 Å². The summed E-state index contributed by atoms with van der Waals surface area (Å²) in [5, 5.41) is 12.5. The number of hydrogen-bond acceptors (Lipinski definition) is 3. The lowest BCUT2D eigenvalue weighted by Gasteiger charge is -2.30. The van der Waals surface area contributed by atoms with Crippen molar-refractivity contribution in [2.45, 2.75) is 37.5 Å². The molecule has 1 fully saturated rings. The molecule has 0 spiro atoms. The maximum atomic E-state index is 12.4. The molecule has 0 aliphatic heterocycles. The Kier molecular flexibility index (Phi) is 6.12. The van der Waals surface area contributed by atoms with Crippen molar-refractivity contribution >= 4 is 17.7 Å². The van der Waals surface area contributed by atoms with Gasteiger partial charge in [0.2, 0.25) is 0 Å². The lowest BCUT2D eigenvalue weighted by Crippen LogP contribution is -2.35. The normalized spacial score (nSPS) is 22.0. The Hall–Kier alpha value is -1.00. The summed E-state index contributed by atoms with van der Waals surface area (Å²) in [4.78, 5) is 13.5. The van der Waals surface area contributed by atoms with Crippen molar-refractivity contribution in [1.29, 1.82) is 0 Å². The van der Waals surface area contributed by atoms with Crippen LogP contribution in [0.25, 0.3) is 0 Å². The van der Waals surface area contributed by atoms with Crippen LogP contribution in [0, 0.1) is 18.8 Å². The van der Waals surface area contributed by atoms with Gasteiger partial charge in [0.1, 0.15) is 0 Å². The number of carbonyl (C=O) groups excluding carboxylic acids is 1. The molecular weight excluding hydrogens is 282 g/mol. The molecular formula is C17H25NO2S. The first-order chi connectivity index (χ1) is 10.2. The molecule has 0 aromatic heterocycles. The number of carbonyl (C=O) groups is 1. The molecule has 2 atom stereocenters. The van der Waals surface area contributed by atoms with Gasteiger partial charge in [-0.1, -0.05) is 18.9 Å². The van der Waals surface area contributed by atoms with Gasteiger partial charge < -0.3 is 10.4 Å². The Balaban J connectivity index is 1.98. The second-order valence-corrected chi connectivity index (χ2v) is 6.76. The zero-order valence-corrected chi connectivity index (χ0v) is 13.7. The fourth-order valence-electron chi connectivity index (χ4n) is 3.09. The van der Waals surface area contributed by atoms with Gasteiger partial charge in [-0.25, -0.2) is 0 Å². The van der Waals surface area contributed by atoms with Crippen molar-refractivity contribution in [1.82, 2.24) is 5.32 Å². The van der Waals surface area contributed by atoms with Crippen LogP contribution in [0.2, 0.25) is 0 Å². The predicted octanol–water partition coefficient (Wildman–Crippen LogP) is 3.25. The van der Waals surface area contributed by atoms with Crippen LogP contribution >= 0.6 is 11.8 Å². The minimum atomic E-state index is 0.00524. The van der Waals surface area contributed by atoms with Crippen molar-refractivity contribution in [2.24, 2.45) is 11.8 Å². The van der Waals surface area contributed by atoms with Crippen LogP contribution in [-0.4, -0.2) is 30.4 Å². The third-order valence-corrected chi connectivity index (χ3v) is 5.24. The first-order valence-corrected chi connectivity index (χ1v) is 8.92. The second kappa shape index (κ2) is 7.85. The molecule has 3 nitrogen and oxygen atoms in total. The molecule has 1 aliphatic carbocycles. The highest BCUT2D eigenvalue weighted by Crippen LogP contribution is 2.29. The van der Waals surface area contributed by atoms with Crippen molar-refractivity contribution in [3.8, 4) is 0 Å². The van der Waals surface area contributed by atoms with E-state index in [4.69, 9.17) is 0 Å². The average molecular weight is 307 g/mol. The fraction of sp³-hybridized carbons (Fsp3) is 0.588. The molecule has 2 N–H and O–H groups in total. The third kappa shape index (κ3) is 4.24. The van der Waals surface area contributed by atoms with Gasteiger partial charge >= 0.3 is 0 Å². The highest BCUT2D eigenvalue weighted by atomic mass is 32.2. The highest BCUT2D eigenvalue weighted by molar-refractivity contribution is 7.98. The number of nitrogens with one attached hydrogen (secondary N) is 1. The van der Waals surface area contributed by atoms with Crippen LogP contribution in [0.5, 0.6) is 0 Å². The number of benzene rings is 1. The maximum Gasteiger partial charge on any atom is 0.251 e. The summed E-state index contributed by atoms with van der Waals surface area (Å²) in [5.41, 5.74) is 1.77. The van der Waals surface area contributed by atoms with E-state index in [0.717, 1.165) is 28.9 Å². The molecule has 1 saturated carbocycles. The Morgan fingerprint density at radius 2 is 2.05 bits per heavy atom. The summed E-state index contributed by atoms with van der Waals surface area (Å²) in [7, 11) is 0.